The van der Waals surface area contributed by atoms with E-state index in [0.717, 1.165) is 16.8 Å². The van der Waals surface area contributed by atoms with Gasteiger partial charge in [-0.15, -0.1) is 0 Å². The number of hydrogen-bond donors (Lipinski definition) is 1. The van der Waals surface area contributed by atoms with E-state index in [9.17, 15) is 9.59 Å². The molecule has 1 aliphatic heterocycles. The summed E-state index contributed by atoms with van der Waals surface area (Å²) in [7, 11) is 1.49. The van der Waals surface area contributed by atoms with Gasteiger partial charge >= 0.3 is 5.97 Å². The Bertz CT molecular complexity index is 1310. The minimum atomic E-state index is -1.08. The van der Waals surface area contributed by atoms with Crippen LogP contribution in [-0.4, -0.2) is 47.3 Å². The first-order valence-electron chi connectivity index (χ1n) is 11.1. The number of halogens is 1. The van der Waals surface area contributed by atoms with Crippen molar-refractivity contribution in [3.05, 3.63) is 92.4 Å². The zero-order chi connectivity index (χ0) is 25.5. The second-order valence-electron chi connectivity index (χ2n) is 7.75. The average Bonchev–Trinajstić information content (AvgIpc) is 3.16. The van der Waals surface area contributed by atoms with Gasteiger partial charge in [0, 0.05) is 6.54 Å². The van der Waals surface area contributed by atoms with Gasteiger partial charge in [0.25, 0.3) is 5.91 Å². The fourth-order valence-electron chi connectivity index (χ4n) is 3.54. The van der Waals surface area contributed by atoms with Gasteiger partial charge in [-0.05, 0) is 82.2 Å². The van der Waals surface area contributed by atoms with Crippen molar-refractivity contribution in [1.82, 2.24) is 4.90 Å². The molecule has 1 heterocycles. The number of nitrogens with zero attached hydrogens (tertiary/aromatic N) is 2. The summed E-state index contributed by atoms with van der Waals surface area (Å²) in [5.74, 6) is -0.452. The molecule has 4 rings (SSSR count). The van der Waals surface area contributed by atoms with Crippen LogP contribution in [0.25, 0.3) is 6.08 Å². The van der Waals surface area contributed by atoms with E-state index < -0.39 is 12.6 Å². The highest BCUT2D eigenvalue weighted by Gasteiger charge is 2.33. The normalized spacial score (nSPS) is 15.5. The van der Waals surface area contributed by atoms with E-state index in [1.807, 2.05) is 66.7 Å². The molecule has 3 aromatic carbocycles. The van der Waals surface area contributed by atoms with Gasteiger partial charge in [-0.1, -0.05) is 48.5 Å². The molecule has 0 atom stereocenters. The number of methoxy groups -OCH3 is 1. The molecule has 7 nitrogen and oxygen atoms in total. The lowest BCUT2D eigenvalue weighted by Crippen LogP contribution is -2.31. The lowest BCUT2D eigenvalue weighted by Gasteiger charge is -2.15. The van der Waals surface area contributed by atoms with Crippen LogP contribution in [0.2, 0.25) is 0 Å². The maximum Gasteiger partial charge on any atom is 0.341 e. The summed E-state index contributed by atoms with van der Waals surface area (Å²) in [5, 5.41) is 9.56. The second kappa shape index (κ2) is 12.1. The zero-order valence-electron chi connectivity index (χ0n) is 19.4. The van der Waals surface area contributed by atoms with Crippen LogP contribution in [-0.2, 0) is 16.0 Å². The van der Waals surface area contributed by atoms with Gasteiger partial charge in [0.05, 0.1) is 21.3 Å². The molecule has 0 unspecified atom stereocenters. The second-order valence-corrected chi connectivity index (χ2v) is 9.92. The molecular weight excluding hydrogens is 591 g/mol. The van der Waals surface area contributed by atoms with Gasteiger partial charge in [0.2, 0.25) is 0 Å². The number of carbonyl (C=O) groups is 2. The van der Waals surface area contributed by atoms with E-state index in [4.69, 9.17) is 19.6 Å². The van der Waals surface area contributed by atoms with Crippen LogP contribution < -0.4 is 9.47 Å². The topological polar surface area (TPSA) is 88.4 Å². The monoisotopic (exact) mass is 614 g/mol. The summed E-state index contributed by atoms with van der Waals surface area (Å²) in [4.78, 5) is 31.4. The van der Waals surface area contributed by atoms with Gasteiger partial charge in [0.1, 0.15) is 0 Å². The number of carboxylic acids is 1. The van der Waals surface area contributed by atoms with Crippen LogP contribution >= 0.6 is 34.4 Å². The lowest BCUT2D eigenvalue weighted by molar-refractivity contribution is -0.139. The Morgan fingerprint density at radius 3 is 2.47 bits per heavy atom. The number of hydrogen-bond acceptors (Lipinski definition) is 6. The quantitative estimate of drug-likeness (QED) is 0.249. The number of carboxylic acid groups (broad SMARTS) is 1. The SMILES string of the molecule is COc1cc(/C=C2/SC(=Nc3ccccc3)N(CCc3ccccc3)C2=O)cc(I)c1OCC(=O)O. The molecule has 0 spiro atoms. The molecular formula is C27H23IN2O5S. The molecule has 0 aliphatic carbocycles. The van der Waals surface area contributed by atoms with Gasteiger partial charge in [-0.2, -0.15) is 0 Å². The Kier molecular flexibility index (Phi) is 8.65. The number of para-hydroxylation sites is 1. The van der Waals surface area contributed by atoms with Crippen LogP contribution in [0.1, 0.15) is 11.1 Å². The van der Waals surface area contributed by atoms with E-state index in [1.54, 1.807) is 17.0 Å². The predicted molar refractivity (Wildman–Crippen MR) is 150 cm³/mol. The highest BCUT2D eigenvalue weighted by molar-refractivity contribution is 14.1. The van der Waals surface area contributed by atoms with Gasteiger partial charge in [-0.3, -0.25) is 9.69 Å². The van der Waals surface area contributed by atoms with Crippen molar-refractivity contribution in [3.8, 4) is 11.5 Å². The molecule has 1 fully saturated rings. The maximum atomic E-state index is 13.4. The fourth-order valence-corrected chi connectivity index (χ4v) is 5.34. The van der Waals surface area contributed by atoms with Crippen LogP contribution in [0.5, 0.6) is 11.5 Å². The summed E-state index contributed by atoms with van der Waals surface area (Å²) in [5.41, 5.74) is 2.65. The molecule has 1 N–H and O–H groups in total. The number of aliphatic imine (C=N–C) groups is 1. The largest absolute Gasteiger partial charge is 0.493 e. The molecule has 9 heteroatoms. The van der Waals surface area contributed by atoms with Gasteiger partial charge < -0.3 is 14.6 Å². The Morgan fingerprint density at radius 2 is 1.81 bits per heavy atom. The van der Waals surface area contributed by atoms with Crippen molar-refractivity contribution in [2.45, 2.75) is 6.42 Å². The zero-order valence-corrected chi connectivity index (χ0v) is 22.4. The molecule has 1 amide bonds. The Morgan fingerprint density at radius 1 is 1.11 bits per heavy atom. The minimum absolute atomic E-state index is 0.120. The van der Waals surface area contributed by atoms with E-state index in [2.05, 4.69) is 22.6 Å². The van der Waals surface area contributed by atoms with E-state index in [0.29, 0.717) is 38.1 Å². The minimum Gasteiger partial charge on any atom is -0.493 e. The number of aliphatic carboxylic acids is 1. The molecule has 0 aromatic heterocycles. The van der Waals surface area contributed by atoms with Crippen LogP contribution in [0.3, 0.4) is 0 Å². The third-order valence-electron chi connectivity index (χ3n) is 5.23. The van der Waals surface area contributed by atoms with Crippen molar-refractivity contribution in [2.24, 2.45) is 4.99 Å². The number of amidine groups is 1. The Labute approximate surface area is 227 Å². The highest BCUT2D eigenvalue weighted by atomic mass is 127. The molecule has 0 saturated carbocycles. The van der Waals surface area contributed by atoms with Crippen molar-refractivity contribution in [1.29, 1.82) is 0 Å². The van der Waals surface area contributed by atoms with E-state index in [1.165, 1.54) is 18.9 Å². The van der Waals surface area contributed by atoms with E-state index in [-0.39, 0.29) is 5.91 Å². The molecule has 36 heavy (non-hydrogen) atoms. The summed E-state index contributed by atoms with van der Waals surface area (Å²) in [6.45, 7) is 0.0263. The Balaban J connectivity index is 1.64. The Hall–Kier alpha value is -3.31. The van der Waals surface area contributed by atoms with Crippen LogP contribution in [0, 0.1) is 3.57 Å². The predicted octanol–water partition coefficient (Wildman–Crippen LogP) is 5.61. The standard InChI is InChI=1S/C27H23IN2O5S/c1-34-22-15-19(14-21(28)25(22)35-17-24(31)32)16-23-26(33)30(13-12-18-8-4-2-5-9-18)27(36-23)29-20-10-6-3-7-11-20/h2-11,14-16H,12-13,17H2,1H3,(H,31,32)/b23-16+,29-27?. The number of amides is 1. The summed E-state index contributed by atoms with van der Waals surface area (Å²) in [6.07, 6.45) is 2.50. The van der Waals surface area contributed by atoms with E-state index >= 15 is 0 Å². The number of rotatable bonds is 9. The van der Waals surface area contributed by atoms with Gasteiger partial charge in [0.15, 0.2) is 23.3 Å². The molecule has 0 bridgehead atoms. The number of ether oxygens (including phenoxy) is 2. The first kappa shape index (κ1) is 25.8. The van der Waals surface area contributed by atoms with Crippen LogP contribution in [0.4, 0.5) is 5.69 Å². The number of thioether (sulfide) groups is 1. The first-order chi connectivity index (χ1) is 17.4. The maximum absolute atomic E-state index is 13.4. The molecule has 1 aliphatic rings. The first-order valence-corrected chi connectivity index (χ1v) is 13.0. The summed E-state index contributed by atoms with van der Waals surface area (Å²) >= 11 is 3.39. The van der Waals surface area contributed by atoms with Gasteiger partial charge in [-0.25, -0.2) is 9.79 Å². The molecule has 0 radical (unpaired) electrons. The molecule has 1 saturated heterocycles. The lowest BCUT2D eigenvalue weighted by atomic mass is 10.1. The van der Waals surface area contributed by atoms with Crippen molar-refractivity contribution < 1.29 is 24.2 Å². The average molecular weight is 614 g/mol. The highest BCUT2D eigenvalue weighted by Crippen LogP contribution is 2.38. The third-order valence-corrected chi connectivity index (χ3v) is 7.03. The number of carbonyl (C=O) groups excluding carboxylic acids is 1. The smallest absolute Gasteiger partial charge is 0.341 e. The van der Waals surface area contributed by atoms with Crippen LogP contribution in [0.15, 0.2) is 82.7 Å². The van der Waals surface area contributed by atoms with Crippen molar-refractivity contribution in [3.63, 3.8) is 0 Å². The van der Waals surface area contributed by atoms with Crippen molar-refractivity contribution >= 4 is 63.2 Å². The number of benzene rings is 3. The van der Waals surface area contributed by atoms with Crippen molar-refractivity contribution in [2.75, 3.05) is 20.3 Å². The molecule has 184 valence electrons. The fraction of sp³-hybridized carbons (Fsp3) is 0.148. The summed E-state index contributed by atoms with van der Waals surface area (Å²) < 4.78 is 11.5. The summed E-state index contributed by atoms with van der Waals surface area (Å²) in [6, 6.07) is 23.1. The molecule has 3 aromatic rings. The third kappa shape index (κ3) is 6.46.